The SMILES string of the molecule is CCOc1ccc(C(C)NC(=O)c2cc(-c3ccccc3)no2)cc1OC. The van der Waals surface area contributed by atoms with Gasteiger partial charge in [0.05, 0.1) is 19.8 Å². The van der Waals surface area contributed by atoms with Crippen molar-refractivity contribution in [3.05, 3.63) is 65.9 Å². The van der Waals surface area contributed by atoms with Gasteiger partial charge in [0.1, 0.15) is 5.69 Å². The number of nitrogens with zero attached hydrogens (tertiary/aromatic N) is 1. The molecular formula is C21H22N2O4. The Kier molecular flexibility index (Phi) is 5.76. The van der Waals surface area contributed by atoms with Gasteiger partial charge in [-0.15, -0.1) is 0 Å². The molecule has 1 unspecified atom stereocenters. The number of benzene rings is 2. The second kappa shape index (κ2) is 8.40. The second-order valence-electron chi connectivity index (χ2n) is 5.98. The molecule has 0 radical (unpaired) electrons. The number of aromatic nitrogens is 1. The molecule has 1 amide bonds. The van der Waals surface area contributed by atoms with Crippen LogP contribution in [0.25, 0.3) is 11.3 Å². The van der Waals surface area contributed by atoms with E-state index in [1.807, 2.05) is 62.4 Å². The van der Waals surface area contributed by atoms with Crippen LogP contribution in [0.2, 0.25) is 0 Å². The van der Waals surface area contributed by atoms with Crippen molar-refractivity contribution in [2.75, 3.05) is 13.7 Å². The molecule has 6 nitrogen and oxygen atoms in total. The Morgan fingerprint density at radius 2 is 1.93 bits per heavy atom. The average Bonchev–Trinajstić information content (AvgIpc) is 3.19. The average molecular weight is 366 g/mol. The van der Waals surface area contributed by atoms with Crippen LogP contribution in [0.15, 0.2) is 59.1 Å². The third kappa shape index (κ3) is 4.28. The summed E-state index contributed by atoms with van der Waals surface area (Å²) in [5, 5.41) is 6.89. The van der Waals surface area contributed by atoms with Crippen molar-refractivity contribution in [2.45, 2.75) is 19.9 Å². The molecule has 3 rings (SSSR count). The molecule has 1 atom stereocenters. The van der Waals surface area contributed by atoms with Crippen LogP contribution in [0.4, 0.5) is 0 Å². The molecule has 1 aromatic heterocycles. The summed E-state index contributed by atoms with van der Waals surface area (Å²) in [6, 6.07) is 16.5. The zero-order chi connectivity index (χ0) is 19.2. The molecule has 0 saturated heterocycles. The smallest absolute Gasteiger partial charge is 0.290 e. The molecular weight excluding hydrogens is 344 g/mol. The highest BCUT2D eigenvalue weighted by molar-refractivity contribution is 5.92. The first-order valence-corrected chi connectivity index (χ1v) is 8.76. The maximum Gasteiger partial charge on any atom is 0.290 e. The Balaban J connectivity index is 1.72. The lowest BCUT2D eigenvalue weighted by Crippen LogP contribution is -2.26. The molecule has 0 aliphatic rings. The van der Waals surface area contributed by atoms with Gasteiger partial charge in [-0.2, -0.15) is 0 Å². The molecule has 0 saturated carbocycles. The fraction of sp³-hybridized carbons (Fsp3) is 0.238. The predicted octanol–water partition coefficient (Wildman–Crippen LogP) is 4.24. The molecule has 1 N–H and O–H groups in total. The van der Waals surface area contributed by atoms with Crippen LogP contribution < -0.4 is 14.8 Å². The Morgan fingerprint density at radius 1 is 1.15 bits per heavy atom. The fourth-order valence-electron chi connectivity index (χ4n) is 2.71. The zero-order valence-electron chi connectivity index (χ0n) is 15.6. The minimum Gasteiger partial charge on any atom is -0.493 e. The van der Waals surface area contributed by atoms with Crippen molar-refractivity contribution in [1.29, 1.82) is 0 Å². The van der Waals surface area contributed by atoms with Crippen molar-refractivity contribution >= 4 is 5.91 Å². The van der Waals surface area contributed by atoms with Crippen LogP contribution in [-0.4, -0.2) is 24.8 Å². The standard InChI is InChI=1S/C21H22N2O4/c1-4-26-18-11-10-16(12-19(18)25-3)14(2)22-21(24)20-13-17(23-27-20)15-8-6-5-7-9-15/h5-14H,4H2,1-3H3,(H,22,24). The van der Waals surface area contributed by atoms with Crippen LogP contribution in [0.1, 0.15) is 36.0 Å². The molecule has 0 aliphatic heterocycles. The van der Waals surface area contributed by atoms with E-state index in [0.29, 0.717) is 23.8 Å². The Hall–Kier alpha value is -3.28. The Bertz CT molecular complexity index is 906. The number of carbonyl (C=O) groups excluding carboxylic acids is 1. The highest BCUT2D eigenvalue weighted by Crippen LogP contribution is 2.30. The number of ether oxygens (including phenoxy) is 2. The van der Waals surface area contributed by atoms with Crippen LogP contribution in [-0.2, 0) is 0 Å². The number of amides is 1. The molecule has 6 heteroatoms. The van der Waals surface area contributed by atoms with Gasteiger partial charge in [0.2, 0.25) is 5.76 Å². The van der Waals surface area contributed by atoms with Gasteiger partial charge in [-0.1, -0.05) is 41.6 Å². The number of methoxy groups -OCH3 is 1. The summed E-state index contributed by atoms with van der Waals surface area (Å²) in [5.74, 6) is 1.13. The maximum atomic E-state index is 12.5. The molecule has 27 heavy (non-hydrogen) atoms. The number of hydrogen-bond acceptors (Lipinski definition) is 5. The number of nitrogens with one attached hydrogen (secondary N) is 1. The van der Waals surface area contributed by atoms with Crippen LogP contribution in [0, 0.1) is 0 Å². The van der Waals surface area contributed by atoms with Gasteiger partial charge in [0.25, 0.3) is 5.91 Å². The van der Waals surface area contributed by atoms with E-state index in [0.717, 1.165) is 11.1 Å². The third-order valence-electron chi connectivity index (χ3n) is 4.14. The van der Waals surface area contributed by atoms with Gasteiger partial charge in [-0.25, -0.2) is 0 Å². The first-order chi connectivity index (χ1) is 13.1. The summed E-state index contributed by atoms with van der Waals surface area (Å²) in [6.45, 7) is 4.36. The Morgan fingerprint density at radius 3 is 2.63 bits per heavy atom. The van der Waals surface area contributed by atoms with Crippen molar-refractivity contribution in [3.8, 4) is 22.8 Å². The van der Waals surface area contributed by atoms with Gasteiger partial charge in [0.15, 0.2) is 11.5 Å². The van der Waals surface area contributed by atoms with E-state index in [1.165, 1.54) is 0 Å². The van der Waals surface area contributed by atoms with Crippen LogP contribution >= 0.6 is 0 Å². The summed E-state index contributed by atoms with van der Waals surface area (Å²) >= 11 is 0. The highest BCUT2D eigenvalue weighted by Gasteiger charge is 2.18. The van der Waals surface area contributed by atoms with Crippen LogP contribution in [0.5, 0.6) is 11.5 Å². The molecule has 0 spiro atoms. The third-order valence-corrected chi connectivity index (χ3v) is 4.14. The molecule has 0 fully saturated rings. The quantitative estimate of drug-likeness (QED) is 0.677. The summed E-state index contributed by atoms with van der Waals surface area (Å²) in [5.41, 5.74) is 2.41. The second-order valence-corrected chi connectivity index (χ2v) is 5.98. The lowest BCUT2D eigenvalue weighted by molar-refractivity contribution is 0.0902. The minimum atomic E-state index is -0.329. The zero-order valence-corrected chi connectivity index (χ0v) is 15.6. The van der Waals surface area contributed by atoms with E-state index in [2.05, 4.69) is 10.5 Å². The summed E-state index contributed by atoms with van der Waals surface area (Å²) in [7, 11) is 1.59. The fourth-order valence-corrected chi connectivity index (χ4v) is 2.71. The molecule has 140 valence electrons. The minimum absolute atomic E-state index is 0.165. The van der Waals surface area contributed by atoms with Crippen molar-refractivity contribution < 1.29 is 18.8 Å². The lowest BCUT2D eigenvalue weighted by atomic mass is 10.1. The van der Waals surface area contributed by atoms with Crippen LogP contribution in [0.3, 0.4) is 0 Å². The van der Waals surface area contributed by atoms with E-state index < -0.39 is 0 Å². The first kappa shape index (κ1) is 18.5. The van der Waals surface area contributed by atoms with Crippen molar-refractivity contribution in [3.63, 3.8) is 0 Å². The van der Waals surface area contributed by atoms with E-state index in [4.69, 9.17) is 14.0 Å². The molecule has 0 aliphatic carbocycles. The number of hydrogen-bond donors (Lipinski definition) is 1. The molecule has 3 aromatic rings. The van der Waals surface area contributed by atoms with E-state index in [9.17, 15) is 4.79 Å². The van der Waals surface area contributed by atoms with Gasteiger partial charge >= 0.3 is 0 Å². The highest BCUT2D eigenvalue weighted by atomic mass is 16.5. The maximum absolute atomic E-state index is 12.5. The molecule has 0 bridgehead atoms. The van der Waals surface area contributed by atoms with E-state index >= 15 is 0 Å². The van der Waals surface area contributed by atoms with Crippen molar-refractivity contribution in [1.82, 2.24) is 10.5 Å². The van der Waals surface area contributed by atoms with Gasteiger partial charge in [0, 0.05) is 11.6 Å². The summed E-state index contributed by atoms with van der Waals surface area (Å²) in [4.78, 5) is 12.5. The molecule has 1 heterocycles. The van der Waals surface area contributed by atoms with Gasteiger partial charge in [-0.3, -0.25) is 4.79 Å². The van der Waals surface area contributed by atoms with Crippen molar-refractivity contribution in [2.24, 2.45) is 0 Å². The van der Waals surface area contributed by atoms with Gasteiger partial charge in [-0.05, 0) is 31.5 Å². The molecule has 2 aromatic carbocycles. The Labute approximate surface area is 158 Å². The van der Waals surface area contributed by atoms with Gasteiger partial charge < -0.3 is 19.3 Å². The van der Waals surface area contributed by atoms with E-state index in [-0.39, 0.29) is 17.7 Å². The number of carbonyl (C=O) groups is 1. The lowest BCUT2D eigenvalue weighted by Gasteiger charge is -2.16. The summed E-state index contributed by atoms with van der Waals surface area (Å²) < 4.78 is 16.1. The predicted molar refractivity (Wildman–Crippen MR) is 102 cm³/mol. The monoisotopic (exact) mass is 366 g/mol. The van der Waals surface area contributed by atoms with E-state index in [1.54, 1.807) is 13.2 Å². The number of rotatable bonds is 7. The topological polar surface area (TPSA) is 73.6 Å². The normalized spacial score (nSPS) is 11.7. The first-order valence-electron chi connectivity index (χ1n) is 8.76. The summed E-state index contributed by atoms with van der Waals surface area (Å²) in [6.07, 6.45) is 0. The largest absolute Gasteiger partial charge is 0.493 e.